The fraction of sp³-hybridized carbons (Fsp3) is 0.333. The molecule has 0 saturated carbocycles. The van der Waals surface area contributed by atoms with Crippen LogP contribution in [0.1, 0.15) is 37.3 Å². The van der Waals surface area contributed by atoms with Crippen LogP contribution in [0.15, 0.2) is 36.4 Å². The maximum Gasteiger partial charge on any atom is 0.233 e. The van der Waals surface area contributed by atoms with Crippen LogP contribution in [0.5, 0.6) is 11.5 Å². The first-order valence-corrected chi connectivity index (χ1v) is 9.03. The molecule has 6 heteroatoms. The normalized spacial score (nSPS) is 12.6. The van der Waals surface area contributed by atoms with Crippen LogP contribution in [-0.2, 0) is 9.59 Å². The maximum absolute atomic E-state index is 12.4. The highest BCUT2D eigenvalue weighted by atomic mass is 16.6. The molecule has 2 aromatic carbocycles. The Morgan fingerprint density at radius 2 is 1.70 bits per heavy atom. The zero-order chi connectivity index (χ0) is 19.4. The Morgan fingerprint density at radius 1 is 1.00 bits per heavy atom. The molecule has 27 heavy (non-hydrogen) atoms. The maximum atomic E-state index is 12.4. The zero-order valence-electron chi connectivity index (χ0n) is 15.8. The largest absolute Gasteiger partial charge is 0.486 e. The summed E-state index contributed by atoms with van der Waals surface area (Å²) in [7, 11) is 0. The molecule has 3 rings (SSSR count). The first-order valence-electron chi connectivity index (χ1n) is 9.03. The summed E-state index contributed by atoms with van der Waals surface area (Å²) < 4.78 is 11.0. The van der Waals surface area contributed by atoms with Gasteiger partial charge < -0.3 is 20.1 Å². The average molecular weight is 368 g/mol. The third-order valence-electron chi connectivity index (χ3n) is 4.34. The van der Waals surface area contributed by atoms with Gasteiger partial charge in [0.1, 0.15) is 19.6 Å². The molecule has 0 atom stereocenters. The van der Waals surface area contributed by atoms with Gasteiger partial charge in [0.2, 0.25) is 11.8 Å². The number of hydrogen-bond donors (Lipinski definition) is 2. The van der Waals surface area contributed by atoms with E-state index in [1.54, 1.807) is 18.2 Å². The fourth-order valence-corrected chi connectivity index (χ4v) is 3.00. The van der Waals surface area contributed by atoms with Crippen molar-refractivity contribution in [3.8, 4) is 11.5 Å². The first kappa shape index (κ1) is 18.8. The number of para-hydroxylation sites is 1. The second-order valence-corrected chi connectivity index (χ2v) is 6.83. The highest BCUT2D eigenvalue weighted by Crippen LogP contribution is 2.32. The Hall–Kier alpha value is -3.02. The molecule has 0 spiro atoms. The van der Waals surface area contributed by atoms with Crippen LogP contribution in [-0.4, -0.2) is 25.0 Å². The van der Waals surface area contributed by atoms with Crippen molar-refractivity contribution < 1.29 is 19.1 Å². The van der Waals surface area contributed by atoms with E-state index in [0.29, 0.717) is 30.4 Å². The monoisotopic (exact) mass is 368 g/mol. The summed E-state index contributed by atoms with van der Waals surface area (Å²) in [5.41, 5.74) is 3.37. The zero-order valence-corrected chi connectivity index (χ0v) is 15.8. The standard InChI is InChI=1S/C21H24N2O4/c1-13(2)16-6-4-5-14(3)21(16)23-20(25)12-19(24)22-15-7-8-17-18(11-15)27-10-9-26-17/h4-8,11,13H,9-10,12H2,1-3H3,(H,22,24)(H,23,25). The molecule has 0 fully saturated rings. The van der Waals surface area contributed by atoms with Crippen molar-refractivity contribution in [3.63, 3.8) is 0 Å². The molecule has 1 aliphatic rings. The van der Waals surface area contributed by atoms with Crippen LogP contribution in [0.3, 0.4) is 0 Å². The van der Waals surface area contributed by atoms with E-state index in [1.165, 1.54) is 0 Å². The smallest absolute Gasteiger partial charge is 0.233 e. The summed E-state index contributed by atoms with van der Waals surface area (Å²) in [4.78, 5) is 24.6. The SMILES string of the molecule is Cc1cccc(C(C)C)c1NC(=O)CC(=O)Nc1ccc2c(c1)OCCO2. The van der Waals surface area contributed by atoms with Crippen molar-refractivity contribution in [2.45, 2.75) is 33.1 Å². The van der Waals surface area contributed by atoms with Crippen LogP contribution in [0.4, 0.5) is 11.4 Å². The molecular formula is C21H24N2O4. The minimum atomic E-state index is -0.385. The molecule has 1 heterocycles. The number of fused-ring (bicyclic) bond motifs is 1. The Balaban J connectivity index is 1.63. The Morgan fingerprint density at radius 3 is 2.44 bits per heavy atom. The number of hydrogen-bond acceptors (Lipinski definition) is 4. The fourth-order valence-electron chi connectivity index (χ4n) is 3.00. The minimum absolute atomic E-state index is 0.264. The summed E-state index contributed by atoms with van der Waals surface area (Å²) in [6.45, 7) is 7.06. The van der Waals surface area contributed by atoms with E-state index in [-0.39, 0.29) is 24.2 Å². The lowest BCUT2D eigenvalue weighted by Gasteiger charge is -2.19. The van der Waals surface area contributed by atoms with Gasteiger partial charge in [0.25, 0.3) is 0 Å². The highest BCUT2D eigenvalue weighted by Gasteiger charge is 2.16. The number of amides is 2. The van der Waals surface area contributed by atoms with E-state index in [9.17, 15) is 9.59 Å². The van der Waals surface area contributed by atoms with Crippen molar-refractivity contribution in [2.75, 3.05) is 23.8 Å². The lowest BCUT2D eigenvalue weighted by atomic mass is 9.98. The molecule has 2 amide bonds. The minimum Gasteiger partial charge on any atom is -0.486 e. The quantitative estimate of drug-likeness (QED) is 0.786. The first-order chi connectivity index (χ1) is 12.9. The molecule has 0 saturated heterocycles. The van der Waals surface area contributed by atoms with E-state index in [2.05, 4.69) is 24.5 Å². The molecular weight excluding hydrogens is 344 g/mol. The Kier molecular flexibility index (Phi) is 5.64. The molecule has 6 nitrogen and oxygen atoms in total. The van der Waals surface area contributed by atoms with Crippen molar-refractivity contribution in [1.82, 2.24) is 0 Å². The van der Waals surface area contributed by atoms with E-state index < -0.39 is 0 Å². The number of aryl methyl sites for hydroxylation is 1. The summed E-state index contributed by atoms with van der Waals surface area (Å²) in [6.07, 6.45) is -0.264. The summed E-state index contributed by atoms with van der Waals surface area (Å²) in [6, 6.07) is 11.1. The van der Waals surface area contributed by atoms with Crippen molar-refractivity contribution in [2.24, 2.45) is 0 Å². The number of anilines is 2. The van der Waals surface area contributed by atoms with Crippen molar-refractivity contribution in [1.29, 1.82) is 0 Å². The van der Waals surface area contributed by atoms with E-state index >= 15 is 0 Å². The van der Waals surface area contributed by atoms with Crippen LogP contribution in [0.25, 0.3) is 0 Å². The third kappa shape index (κ3) is 4.58. The molecule has 142 valence electrons. The summed E-state index contributed by atoms with van der Waals surface area (Å²) >= 11 is 0. The van der Waals surface area contributed by atoms with Crippen molar-refractivity contribution in [3.05, 3.63) is 47.5 Å². The molecule has 2 N–H and O–H groups in total. The highest BCUT2D eigenvalue weighted by molar-refractivity contribution is 6.08. The molecule has 0 aliphatic carbocycles. The number of nitrogens with one attached hydrogen (secondary N) is 2. The second-order valence-electron chi connectivity index (χ2n) is 6.83. The van der Waals surface area contributed by atoms with Gasteiger partial charge in [-0.2, -0.15) is 0 Å². The van der Waals surface area contributed by atoms with Crippen molar-refractivity contribution >= 4 is 23.2 Å². The molecule has 0 unspecified atom stereocenters. The lowest BCUT2D eigenvalue weighted by Crippen LogP contribution is -2.22. The Bertz CT molecular complexity index is 861. The van der Waals surface area contributed by atoms with Gasteiger partial charge in [0, 0.05) is 17.4 Å². The molecule has 2 aromatic rings. The number of carbonyl (C=O) groups excluding carboxylic acids is 2. The van der Waals surface area contributed by atoms with Gasteiger partial charge in [0.15, 0.2) is 11.5 Å². The van der Waals surface area contributed by atoms with E-state index in [0.717, 1.165) is 16.8 Å². The van der Waals surface area contributed by atoms with Gasteiger partial charge in [-0.3, -0.25) is 9.59 Å². The molecule has 0 bridgehead atoms. The number of rotatable bonds is 5. The van der Waals surface area contributed by atoms with E-state index in [1.807, 2.05) is 25.1 Å². The van der Waals surface area contributed by atoms with Gasteiger partial charge in [0.05, 0.1) is 0 Å². The van der Waals surface area contributed by atoms with Crippen LogP contribution < -0.4 is 20.1 Å². The second kappa shape index (κ2) is 8.12. The molecule has 1 aliphatic heterocycles. The number of carbonyl (C=O) groups is 2. The van der Waals surface area contributed by atoms with Gasteiger partial charge >= 0.3 is 0 Å². The van der Waals surface area contributed by atoms with Crippen LogP contribution in [0, 0.1) is 6.92 Å². The molecule has 0 aromatic heterocycles. The van der Waals surface area contributed by atoms with Gasteiger partial charge in [-0.1, -0.05) is 32.0 Å². The predicted octanol–water partition coefficient (Wildman–Crippen LogP) is 3.86. The Labute approximate surface area is 158 Å². The number of ether oxygens (including phenoxy) is 2. The topological polar surface area (TPSA) is 76.7 Å². The summed E-state index contributed by atoms with van der Waals surface area (Å²) in [5, 5.41) is 5.61. The van der Waals surface area contributed by atoms with Gasteiger partial charge in [-0.15, -0.1) is 0 Å². The van der Waals surface area contributed by atoms with Gasteiger partial charge in [-0.25, -0.2) is 0 Å². The van der Waals surface area contributed by atoms with Crippen LogP contribution >= 0.6 is 0 Å². The van der Waals surface area contributed by atoms with Gasteiger partial charge in [-0.05, 0) is 36.1 Å². The number of benzene rings is 2. The average Bonchev–Trinajstić information content (AvgIpc) is 2.63. The molecule has 0 radical (unpaired) electrons. The summed E-state index contributed by atoms with van der Waals surface area (Å²) in [5.74, 6) is 0.777. The lowest BCUT2D eigenvalue weighted by molar-refractivity contribution is -0.123. The van der Waals surface area contributed by atoms with Crippen LogP contribution in [0.2, 0.25) is 0 Å². The predicted molar refractivity (Wildman–Crippen MR) is 105 cm³/mol. The van der Waals surface area contributed by atoms with E-state index in [4.69, 9.17) is 9.47 Å². The third-order valence-corrected chi connectivity index (χ3v) is 4.34.